The molecular formula is C24H26N4O2S. The first-order chi connectivity index (χ1) is 15.2. The van der Waals surface area contributed by atoms with Gasteiger partial charge in [-0.2, -0.15) is 5.26 Å². The molecule has 1 aromatic heterocycles. The van der Waals surface area contributed by atoms with Gasteiger partial charge in [-0.05, 0) is 42.7 Å². The Labute approximate surface area is 187 Å². The molecule has 0 N–H and O–H groups in total. The number of ether oxygens (including phenoxy) is 2. The molecule has 7 heteroatoms. The molecule has 0 spiro atoms. The van der Waals surface area contributed by atoms with Crippen LogP contribution in [0.15, 0.2) is 47.6 Å². The molecule has 0 atom stereocenters. The van der Waals surface area contributed by atoms with Gasteiger partial charge in [0, 0.05) is 23.4 Å². The summed E-state index contributed by atoms with van der Waals surface area (Å²) in [5, 5.41) is 19.1. The largest absolute Gasteiger partial charge is 0.497 e. The summed E-state index contributed by atoms with van der Waals surface area (Å²) in [6.45, 7) is 0. The Kier molecular flexibility index (Phi) is 6.78. The summed E-state index contributed by atoms with van der Waals surface area (Å²) in [6, 6.07) is 16.1. The van der Waals surface area contributed by atoms with Crippen molar-refractivity contribution in [2.75, 3.05) is 14.2 Å². The van der Waals surface area contributed by atoms with E-state index in [1.807, 2.05) is 42.5 Å². The van der Waals surface area contributed by atoms with E-state index >= 15 is 0 Å². The number of thioether (sulfide) groups is 1. The van der Waals surface area contributed by atoms with E-state index in [1.165, 1.54) is 19.3 Å². The summed E-state index contributed by atoms with van der Waals surface area (Å²) < 4.78 is 13.2. The molecule has 6 nitrogen and oxygen atoms in total. The van der Waals surface area contributed by atoms with Gasteiger partial charge < -0.3 is 9.47 Å². The minimum Gasteiger partial charge on any atom is -0.497 e. The predicted octanol–water partition coefficient (Wildman–Crippen LogP) is 5.63. The summed E-state index contributed by atoms with van der Waals surface area (Å²) >= 11 is 1.69. The second kappa shape index (κ2) is 9.88. The number of nitriles is 1. The maximum Gasteiger partial charge on any atom is 0.192 e. The Morgan fingerprint density at radius 3 is 2.29 bits per heavy atom. The van der Waals surface area contributed by atoms with E-state index in [2.05, 4.69) is 20.8 Å². The summed E-state index contributed by atoms with van der Waals surface area (Å²) in [6.07, 6.45) is 6.01. The van der Waals surface area contributed by atoms with E-state index in [-0.39, 0.29) is 0 Å². The first-order valence-corrected chi connectivity index (χ1v) is 11.5. The van der Waals surface area contributed by atoms with Gasteiger partial charge in [-0.25, -0.2) is 0 Å². The normalized spacial score (nSPS) is 14.2. The van der Waals surface area contributed by atoms with Gasteiger partial charge in [0.25, 0.3) is 0 Å². The van der Waals surface area contributed by atoms with E-state index in [9.17, 15) is 0 Å². The smallest absolute Gasteiger partial charge is 0.192 e. The minimum atomic E-state index is 0.388. The van der Waals surface area contributed by atoms with Crippen LogP contribution in [0.3, 0.4) is 0 Å². The van der Waals surface area contributed by atoms with Crippen LogP contribution in [0, 0.1) is 11.3 Å². The molecule has 0 bridgehead atoms. The first kappa shape index (κ1) is 21.3. The van der Waals surface area contributed by atoms with Crippen LogP contribution in [0.25, 0.3) is 11.4 Å². The van der Waals surface area contributed by atoms with Crippen molar-refractivity contribution in [1.82, 2.24) is 14.8 Å². The zero-order chi connectivity index (χ0) is 21.6. The second-order valence-electron chi connectivity index (χ2n) is 7.67. The van der Waals surface area contributed by atoms with Gasteiger partial charge in [0.1, 0.15) is 11.5 Å². The lowest BCUT2D eigenvalue weighted by atomic mass is 9.95. The number of methoxy groups -OCH3 is 2. The van der Waals surface area contributed by atoms with Crippen molar-refractivity contribution < 1.29 is 9.47 Å². The van der Waals surface area contributed by atoms with E-state index in [1.54, 1.807) is 26.0 Å². The van der Waals surface area contributed by atoms with Crippen molar-refractivity contribution in [2.45, 2.75) is 49.1 Å². The van der Waals surface area contributed by atoms with Crippen LogP contribution in [-0.2, 0) is 5.75 Å². The summed E-state index contributed by atoms with van der Waals surface area (Å²) in [7, 11) is 3.31. The molecule has 1 saturated carbocycles. The van der Waals surface area contributed by atoms with Gasteiger partial charge in [-0.15, -0.1) is 10.2 Å². The van der Waals surface area contributed by atoms with Crippen LogP contribution < -0.4 is 9.47 Å². The lowest BCUT2D eigenvalue weighted by Gasteiger charge is -2.25. The van der Waals surface area contributed by atoms with E-state index in [0.29, 0.717) is 11.6 Å². The van der Waals surface area contributed by atoms with Gasteiger partial charge in [0.05, 0.1) is 25.9 Å². The fourth-order valence-electron chi connectivity index (χ4n) is 4.00. The topological polar surface area (TPSA) is 73.0 Å². The molecule has 0 radical (unpaired) electrons. The molecule has 160 valence electrons. The highest BCUT2D eigenvalue weighted by molar-refractivity contribution is 7.98. The van der Waals surface area contributed by atoms with Gasteiger partial charge in [0.2, 0.25) is 0 Å². The number of nitrogens with zero attached hydrogens (tertiary/aromatic N) is 4. The molecular weight excluding hydrogens is 408 g/mol. The first-order valence-electron chi connectivity index (χ1n) is 10.5. The van der Waals surface area contributed by atoms with E-state index in [4.69, 9.17) is 14.7 Å². The van der Waals surface area contributed by atoms with Crippen molar-refractivity contribution in [3.05, 3.63) is 53.6 Å². The maximum absolute atomic E-state index is 9.01. The molecule has 1 aliphatic carbocycles. The van der Waals surface area contributed by atoms with Crippen LogP contribution in [0.4, 0.5) is 0 Å². The molecule has 0 saturated heterocycles. The molecule has 0 amide bonds. The van der Waals surface area contributed by atoms with Crippen molar-refractivity contribution in [3.8, 4) is 29.0 Å². The van der Waals surface area contributed by atoms with Gasteiger partial charge >= 0.3 is 0 Å². The Morgan fingerprint density at radius 1 is 1.00 bits per heavy atom. The average molecular weight is 435 g/mol. The van der Waals surface area contributed by atoms with Gasteiger partial charge in [-0.3, -0.25) is 4.57 Å². The fraction of sp³-hybridized carbons (Fsp3) is 0.375. The number of aromatic nitrogens is 3. The zero-order valence-electron chi connectivity index (χ0n) is 17.9. The monoisotopic (exact) mass is 434 g/mol. The Morgan fingerprint density at radius 2 is 1.68 bits per heavy atom. The average Bonchev–Trinajstić information content (AvgIpc) is 3.27. The van der Waals surface area contributed by atoms with Crippen LogP contribution in [0.1, 0.15) is 49.3 Å². The van der Waals surface area contributed by atoms with E-state index in [0.717, 1.165) is 52.2 Å². The van der Waals surface area contributed by atoms with Crippen LogP contribution >= 0.6 is 11.8 Å². The lowest BCUT2D eigenvalue weighted by Crippen LogP contribution is -2.15. The zero-order valence-corrected chi connectivity index (χ0v) is 18.7. The molecule has 4 rings (SSSR count). The molecule has 0 unspecified atom stereocenters. The molecule has 3 aromatic rings. The van der Waals surface area contributed by atoms with Crippen LogP contribution in [0.2, 0.25) is 0 Å². The van der Waals surface area contributed by atoms with Crippen LogP contribution in [0.5, 0.6) is 11.5 Å². The number of hydrogen-bond acceptors (Lipinski definition) is 6. The third-order valence-electron chi connectivity index (χ3n) is 5.66. The Balaban J connectivity index is 1.67. The number of benzene rings is 2. The second-order valence-corrected chi connectivity index (χ2v) is 8.61. The number of hydrogen-bond donors (Lipinski definition) is 0. The van der Waals surface area contributed by atoms with E-state index < -0.39 is 0 Å². The van der Waals surface area contributed by atoms with Crippen molar-refractivity contribution in [3.63, 3.8) is 0 Å². The third kappa shape index (κ3) is 4.86. The highest BCUT2D eigenvalue weighted by atomic mass is 32.2. The Bertz CT molecular complexity index is 1040. The van der Waals surface area contributed by atoms with Crippen molar-refractivity contribution in [2.24, 2.45) is 0 Å². The molecule has 2 aromatic carbocycles. The summed E-state index contributed by atoms with van der Waals surface area (Å²) in [5.41, 5.74) is 2.78. The Hall–Kier alpha value is -2.98. The van der Waals surface area contributed by atoms with Gasteiger partial charge in [-0.1, -0.05) is 43.2 Å². The molecule has 31 heavy (non-hydrogen) atoms. The molecule has 1 fully saturated rings. The summed E-state index contributed by atoms with van der Waals surface area (Å²) in [4.78, 5) is 0. The highest BCUT2D eigenvalue weighted by Crippen LogP contribution is 2.38. The molecule has 0 aliphatic heterocycles. The number of rotatable bonds is 7. The molecule has 1 heterocycles. The lowest BCUT2D eigenvalue weighted by molar-refractivity contribution is 0.339. The van der Waals surface area contributed by atoms with Crippen molar-refractivity contribution in [1.29, 1.82) is 5.26 Å². The van der Waals surface area contributed by atoms with Crippen molar-refractivity contribution >= 4 is 11.8 Å². The fourth-order valence-corrected chi connectivity index (χ4v) is 4.96. The predicted molar refractivity (Wildman–Crippen MR) is 121 cm³/mol. The third-order valence-corrected chi connectivity index (χ3v) is 6.68. The maximum atomic E-state index is 9.01. The summed E-state index contributed by atoms with van der Waals surface area (Å²) in [5.74, 6) is 3.10. The highest BCUT2D eigenvalue weighted by Gasteiger charge is 2.24. The minimum absolute atomic E-state index is 0.388. The quantitative estimate of drug-likeness (QED) is 0.449. The van der Waals surface area contributed by atoms with Gasteiger partial charge in [0.15, 0.2) is 11.0 Å². The standard InChI is InChI=1S/C24H26N4O2S/c1-29-21-12-19(13-22(14-21)30-2)23-26-27-24(28(23)20-6-4-3-5-7-20)31-16-18-10-8-17(15-25)9-11-18/h8-14,20H,3-7,16H2,1-2H3. The molecule has 1 aliphatic rings. The van der Waals surface area contributed by atoms with Crippen LogP contribution in [-0.4, -0.2) is 29.0 Å². The SMILES string of the molecule is COc1cc(OC)cc(-c2nnc(SCc3ccc(C#N)cc3)n2C2CCCCC2)c1.